The van der Waals surface area contributed by atoms with Crippen LogP contribution < -0.4 is 5.73 Å². The number of benzene rings is 1. The summed E-state index contributed by atoms with van der Waals surface area (Å²) in [7, 11) is 0. The molecule has 0 bridgehead atoms. The highest BCUT2D eigenvalue weighted by atomic mass is 32.1. The molecule has 0 unspecified atom stereocenters. The van der Waals surface area contributed by atoms with Gasteiger partial charge in [0, 0.05) is 11.5 Å². The van der Waals surface area contributed by atoms with Gasteiger partial charge < -0.3 is 5.73 Å². The molecule has 2 N–H and O–H groups in total. The van der Waals surface area contributed by atoms with Crippen molar-refractivity contribution in [1.29, 1.82) is 0 Å². The summed E-state index contributed by atoms with van der Waals surface area (Å²) >= 11 is 0.688. The Morgan fingerprint density at radius 1 is 1.11 bits per heavy atom. The van der Waals surface area contributed by atoms with Crippen LogP contribution in [0.15, 0.2) is 12.1 Å². The highest BCUT2D eigenvalue weighted by Gasteiger charge is 2.33. The van der Waals surface area contributed by atoms with Crippen LogP contribution >= 0.6 is 11.5 Å². The summed E-state index contributed by atoms with van der Waals surface area (Å²) in [5.74, 6) is -3.15. The standard InChI is InChI=1S/C9H4F5N3S/c10-4-1-3(9(12,13)14)2-5(11)6(4)7-16-8(15)18-17-7/h1-2H,(H2,15,16,17). The van der Waals surface area contributed by atoms with Crippen molar-refractivity contribution in [2.24, 2.45) is 0 Å². The maximum absolute atomic E-state index is 13.5. The van der Waals surface area contributed by atoms with Crippen molar-refractivity contribution < 1.29 is 22.0 Å². The monoisotopic (exact) mass is 281 g/mol. The highest BCUT2D eigenvalue weighted by molar-refractivity contribution is 7.09. The quantitative estimate of drug-likeness (QED) is 0.817. The van der Waals surface area contributed by atoms with Crippen LogP contribution in [-0.2, 0) is 6.18 Å². The lowest BCUT2D eigenvalue weighted by Gasteiger charge is -2.08. The van der Waals surface area contributed by atoms with E-state index in [2.05, 4.69) is 9.36 Å². The van der Waals surface area contributed by atoms with Gasteiger partial charge in [-0.15, -0.1) is 0 Å². The molecule has 1 aromatic heterocycles. The number of hydrogen-bond donors (Lipinski definition) is 1. The molecule has 2 rings (SSSR count). The number of nitrogens with zero attached hydrogens (tertiary/aromatic N) is 2. The lowest BCUT2D eigenvalue weighted by molar-refractivity contribution is -0.137. The van der Waals surface area contributed by atoms with Gasteiger partial charge in [-0.05, 0) is 12.1 Å². The molecule has 1 heterocycles. The zero-order valence-corrected chi connectivity index (χ0v) is 9.24. The van der Waals surface area contributed by atoms with Crippen molar-refractivity contribution in [3.63, 3.8) is 0 Å². The molecule has 0 saturated carbocycles. The fraction of sp³-hybridized carbons (Fsp3) is 0.111. The van der Waals surface area contributed by atoms with Crippen molar-refractivity contribution in [3.8, 4) is 11.4 Å². The Morgan fingerprint density at radius 2 is 1.67 bits per heavy atom. The van der Waals surface area contributed by atoms with Crippen molar-refractivity contribution >= 4 is 16.7 Å². The first-order chi connectivity index (χ1) is 8.29. The first kappa shape index (κ1) is 12.7. The van der Waals surface area contributed by atoms with E-state index in [-0.39, 0.29) is 23.1 Å². The van der Waals surface area contributed by atoms with E-state index in [1.54, 1.807) is 0 Å². The number of halogens is 5. The zero-order chi connectivity index (χ0) is 13.5. The van der Waals surface area contributed by atoms with Gasteiger partial charge in [-0.25, -0.2) is 8.78 Å². The third kappa shape index (κ3) is 2.26. The van der Waals surface area contributed by atoms with Gasteiger partial charge in [-0.1, -0.05) is 0 Å². The largest absolute Gasteiger partial charge is 0.416 e. The maximum Gasteiger partial charge on any atom is 0.416 e. The minimum atomic E-state index is -4.82. The second-order valence-corrected chi connectivity index (χ2v) is 4.05. The highest BCUT2D eigenvalue weighted by Crippen LogP contribution is 2.34. The van der Waals surface area contributed by atoms with Gasteiger partial charge in [-0.3, -0.25) is 0 Å². The molecule has 0 fully saturated rings. The summed E-state index contributed by atoms with van der Waals surface area (Å²) in [6.45, 7) is 0. The van der Waals surface area contributed by atoms with Crippen LogP contribution in [0.3, 0.4) is 0 Å². The molecule has 9 heteroatoms. The summed E-state index contributed by atoms with van der Waals surface area (Å²) in [5, 5.41) is -0.0382. The molecule has 3 nitrogen and oxygen atoms in total. The third-order valence-electron chi connectivity index (χ3n) is 2.03. The molecular weight excluding hydrogens is 277 g/mol. The molecule has 0 spiro atoms. The van der Waals surface area contributed by atoms with Crippen molar-refractivity contribution in [2.75, 3.05) is 5.73 Å². The smallest absolute Gasteiger partial charge is 0.374 e. The summed E-state index contributed by atoms with van der Waals surface area (Å²) in [5.41, 5.74) is 3.10. The van der Waals surface area contributed by atoms with Gasteiger partial charge in [0.1, 0.15) is 11.6 Å². The minimum absolute atomic E-state index is 0.0382. The number of hydrogen-bond acceptors (Lipinski definition) is 4. The van der Waals surface area contributed by atoms with Crippen LogP contribution in [0.4, 0.5) is 27.1 Å². The Balaban J connectivity index is 2.58. The van der Waals surface area contributed by atoms with Crippen LogP contribution in [0.5, 0.6) is 0 Å². The van der Waals surface area contributed by atoms with Crippen molar-refractivity contribution in [3.05, 3.63) is 29.3 Å². The summed E-state index contributed by atoms with van der Waals surface area (Å²) in [6, 6.07) is 0.380. The zero-order valence-electron chi connectivity index (χ0n) is 8.42. The van der Waals surface area contributed by atoms with Gasteiger partial charge in [0.05, 0.1) is 11.1 Å². The maximum atomic E-state index is 13.5. The Kier molecular flexibility index (Phi) is 2.93. The van der Waals surface area contributed by atoms with Crippen LogP contribution in [0.1, 0.15) is 5.56 Å². The Labute approximate surface area is 101 Å². The molecule has 2 aromatic rings. The molecule has 0 aliphatic carbocycles. The molecule has 1 aromatic carbocycles. The van der Waals surface area contributed by atoms with E-state index < -0.39 is 28.9 Å². The topological polar surface area (TPSA) is 51.8 Å². The minimum Gasteiger partial charge on any atom is -0.374 e. The first-order valence-electron chi connectivity index (χ1n) is 4.45. The molecule has 0 aliphatic rings. The number of aromatic nitrogens is 2. The molecular formula is C9H4F5N3S. The summed E-state index contributed by atoms with van der Waals surface area (Å²) in [4.78, 5) is 3.52. The number of anilines is 1. The molecule has 0 atom stereocenters. The average Bonchev–Trinajstić information content (AvgIpc) is 2.62. The third-order valence-corrected chi connectivity index (χ3v) is 2.58. The van der Waals surface area contributed by atoms with Crippen molar-refractivity contribution in [2.45, 2.75) is 6.18 Å². The molecule has 0 radical (unpaired) electrons. The second kappa shape index (κ2) is 4.16. The lowest BCUT2D eigenvalue weighted by atomic mass is 10.1. The van der Waals surface area contributed by atoms with E-state index in [4.69, 9.17) is 5.73 Å². The van der Waals surface area contributed by atoms with E-state index in [1.807, 2.05) is 0 Å². The number of rotatable bonds is 1. The summed E-state index contributed by atoms with van der Waals surface area (Å²) < 4.78 is 67.4. The van der Waals surface area contributed by atoms with Crippen LogP contribution in [0.2, 0.25) is 0 Å². The fourth-order valence-electron chi connectivity index (χ4n) is 1.29. The second-order valence-electron chi connectivity index (χ2n) is 3.27. The lowest BCUT2D eigenvalue weighted by Crippen LogP contribution is -2.07. The SMILES string of the molecule is Nc1nc(-c2c(F)cc(C(F)(F)F)cc2F)ns1. The Hall–Kier alpha value is -1.77. The predicted octanol–water partition coefficient (Wildman–Crippen LogP) is 3.08. The van der Waals surface area contributed by atoms with E-state index in [9.17, 15) is 22.0 Å². The van der Waals surface area contributed by atoms with Crippen LogP contribution in [0, 0.1) is 11.6 Å². The normalized spacial score (nSPS) is 11.8. The number of nitrogens with two attached hydrogens (primary N) is 1. The summed E-state index contributed by atoms with van der Waals surface area (Å²) in [6.07, 6.45) is -4.82. The molecule has 0 amide bonds. The fourth-order valence-corrected chi connectivity index (χ4v) is 1.73. The first-order valence-corrected chi connectivity index (χ1v) is 5.22. The molecule has 18 heavy (non-hydrogen) atoms. The van der Waals surface area contributed by atoms with Gasteiger partial charge in [0.25, 0.3) is 0 Å². The Bertz CT molecular complexity index is 569. The van der Waals surface area contributed by atoms with Crippen molar-refractivity contribution in [1.82, 2.24) is 9.36 Å². The van der Waals surface area contributed by atoms with E-state index in [0.717, 1.165) is 0 Å². The van der Waals surface area contributed by atoms with Gasteiger partial charge >= 0.3 is 6.18 Å². The van der Waals surface area contributed by atoms with E-state index >= 15 is 0 Å². The van der Waals surface area contributed by atoms with E-state index in [0.29, 0.717) is 11.5 Å². The van der Waals surface area contributed by atoms with Gasteiger partial charge in [-0.2, -0.15) is 22.5 Å². The molecule has 96 valence electrons. The number of nitrogen functional groups attached to an aromatic ring is 1. The van der Waals surface area contributed by atoms with E-state index in [1.165, 1.54) is 0 Å². The predicted molar refractivity (Wildman–Crippen MR) is 54.7 cm³/mol. The average molecular weight is 281 g/mol. The van der Waals surface area contributed by atoms with Gasteiger partial charge in [0.15, 0.2) is 11.0 Å². The van der Waals surface area contributed by atoms with Gasteiger partial charge in [0.2, 0.25) is 0 Å². The van der Waals surface area contributed by atoms with Crippen LogP contribution in [0.25, 0.3) is 11.4 Å². The van der Waals surface area contributed by atoms with Crippen LogP contribution in [-0.4, -0.2) is 9.36 Å². The molecule has 0 saturated heterocycles. The molecule has 0 aliphatic heterocycles. The number of alkyl halides is 3. The Morgan fingerprint density at radius 3 is 2.06 bits per heavy atom.